The number of carbonyl (C=O) groups excluding carboxylic acids is 1. The van der Waals surface area contributed by atoms with E-state index in [0.717, 1.165) is 15.5 Å². The summed E-state index contributed by atoms with van der Waals surface area (Å²) >= 11 is 8.93. The molecule has 23 heavy (non-hydrogen) atoms. The van der Waals surface area contributed by atoms with E-state index in [2.05, 4.69) is 10.3 Å². The summed E-state index contributed by atoms with van der Waals surface area (Å²) in [5.74, 6) is -0.172. The highest BCUT2D eigenvalue weighted by molar-refractivity contribution is 7.15. The molecule has 0 fully saturated rings. The van der Waals surface area contributed by atoms with Crippen LogP contribution in [-0.2, 0) is 0 Å². The summed E-state index contributed by atoms with van der Waals surface area (Å²) in [6, 6.07) is 11.0. The van der Waals surface area contributed by atoms with E-state index in [-0.39, 0.29) is 5.91 Å². The molecular formula is C16H10ClN3OS2. The second kappa shape index (κ2) is 5.81. The molecule has 4 rings (SSSR count). The minimum absolute atomic E-state index is 0.172. The van der Waals surface area contributed by atoms with Crippen molar-refractivity contribution < 1.29 is 4.79 Å². The van der Waals surface area contributed by atoms with E-state index in [1.807, 2.05) is 33.5 Å². The molecule has 7 heteroatoms. The predicted octanol–water partition coefficient (Wildman–Crippen LogP) is 5.03. The average Bonchev–Trinajstić information content (AvgIpc) is 3.24. The van der Waals surface area contributed by atoms with Gasteiger partial charge in [-0.05, 0) is 35.7 Å². The van der Waals surface area contributed by atoms with Crippen molar-refractivity contribution >= 4 is 50.8 Å². The molecule has 0 bridgehead atoms. The number of hydrogen-bond donors (Lipinski definition) is 1. The standard InChI is InChI=1S/C16H10ClN3OS2/c17-10-3-5-11(6-4-10)18-15(21)13-9-23-16-19-12(8-20(13)16)14-2-1-7-22-14/h1-9H,(H,18,21). The molecule has 1 N–H and O–H groups in total. The van der Waals surface area contributed by atoms with Crippen LogP contribution in [0.4, 0.5) is 5.69 Å². The highest BCUT2D eigenvalue weighted by Crippen LogP contribution is 2.27. The van der Waals surface area contributed by atoms with Crippen molar-refractivity contribution in [2.75, 3.05) is 5.32 Å². The number of thiazole rings is 1. The van der Waals surface area contributed by atoms with Gasteiger partial charge in [-0.3, -0.25) is 9.20 Å². The molecule has 0 unspecified atom stereocenters. The molecule has 114 valence electrons. The van der Waals surface area contributed by atoms with Crippen molar-refractivity contribution in [3.05, 3.63) is 64.1 Å². The van der Waals surface area contributed by atoms with Gasteiger partial charge in [-0.15, -0.1) is 22.7 Å². The number of thiophene rings is 1. The zero-order valence-corrected chi connectivity index (χ0v) is 14.1. The van der Waals surface area contributed by atoms with Gasteiger partial charge in [-0.25, -0.2) is 4.98 Å². The molecular weight excluding hydrogens is 350 g/mol. The van der Waals surface area contributed by atoms with E-state index in [4.69, 9.17) is 11.6 Å². The summed E-state index contributed by atoms with van der Waals surface area (Å²) in [5.41, 5.74) is 2.15. The van der Waals surface area contributed by atoms with Gasteiger partial charge in [0.2, 0.25) is 0 Å². The van der Waals surface area contributed by atoms with Crippen LogP contribution in [-0.4, -0.2) is 15.3 Å². The van der Waals surface area contributed by atoms with E-state index >= 15 is 0 Å². The molecule has 0 aliphatic carbocycles. The van der Waals surface area contributed by atoms with Crippen LogP contribution in [0.2, 0.25) is 5.02 Å². The van der Waals surface area contributed by atoms with Gasteiger partial charge in [0, 0.05) is 22.3 Å². The number of carbonyl (C=O) groups is 1. The summed E-state index contributed by atoms with van der Waals surface area (Å²) in [4.78, 5) is 18.9. The molecule has 0 atom stereocenters. The van der Waals surface area contributed by atoms with Gasteiger partial charge >= 0.3 is 0 Å². The van der Waals surface area contributed by atoms with Crippen LogP contribution in [0.25, 0.3) is 15.5 Å². The lowest BCUT2D eigenvalue weighted by molar-refractivity contribution is 0.102. The normalized spacial score (nSPS) is 11.0. The molecule has 0 aliphatic rings. The Morgan fingerprint density at radius 3 is 2.74 bits per heavy atom. The molecule has 3 aromatic heterocycles. The third kappa shape index (κ3) is 2.76. The first-order valence-electron chi connectivity index (χ1n) is 6.78. The van der Waals surface area contributed by atoms with E-state index in [9.17, 15) is 4.79 Å². The van der Waals surface area contributed by atoms with Crippen molar-refractivity contribution in [2.45, 2.75) is 0 Å². The van der Waals surface area contributed by atoms with E-state index < -0.39 is 0 Å². The van der Waals surface area contributed by atoms with Crippen LogP contribution in [0.3, 0.4) is 0 Å². The van der Waals surface area contributed by atoms with Gasteiger partial charge in [0.1, 0.15) is 11.4 Å². The van der Waals surface area contributed by atoms with E-state index in [1.165, 1.54) is 11.3 Å². The fourth-order valence-corrected chi connectivity index (χ4v) is 3.88. The lowest BCUT2D eigenvalue weighted by Crippen LogP contribution is -2.13. The Bertz CT molecular complexity index is 971. The molecule has 1 aromatic carbocycles. The summed E-state index contributed by atoms with van der Waals surface area (Å²) in [6.45, 7) is 0. The summed E-state index contributed by atoms with van der Waals surface area (Å²) in [7, 11) is 0. The minimum Gasteiger partial charge on any atom is -0.321 e. The number of anilines is 1. The van der Waals surface area contributed by atoms with E-state index in [1.54, 1.807) is 35.6 Å². The third-order valence-electron chi connectivity index (χ3n) is 3.32. The lowest BCUT2D eigenvalue weighted by atomic mass is 10.3. The SMILES string of the molecule is O=C(Nc1ccc(Cl)cc1)c1csc2nc(-c3cccs3)cn12. The maximum Gasteiger partial charge on any atom is 0.273 e. The Hall–Kier alpha value is -2.15. The molecule has 4 aromatic rings. The van der Waals surface area contributed by atoms with Crippen LogP contribution in [0.1, 0.15) is 10.5 Å². The number of rotatable bonds is 3. The summed E-state index contributed by atoms with van der Waals surface area (Å²) < 4.78 is 1.82. The quantitative estimate of drug-likeness (QED) is 0.557. The number of aromatic nitrogens is 2. The number of benzene rings is 1. The van der Waals surface area contributed by atoms with Crippen molar-refractivity contribution in [1.29, 1.82) is 0 Å². The fraction of sp³-hybridized carbons (Fsp3) is 0. The Morgan fingerprint density at radius 2 is 2.00 bits per heavy atom. The number of fused-ring (bicyclic) bond motifs is 1. The van der Waals surface area contributed by atoms with Crippen LogP contribution >= 0.6 is 34.3 Å². The first-order valence-corrected chi connectivity index (χ1v) is 8.92. The Morgan fingerprint density at radius 1 is 1.17 bits per heavy atom. The van der Waals surface area contributed by atoms with Gasteiger partial charge < -0.3 is 5.32 Å². The molecule has 4 nitrogen and oxygen atoms in total. The minimum atomic E-state index is -0.172. The third-order valence-corrected chi connectivity index (χ3v) is 5.30. The molecule has 0 saturated heterocycles. The maximum absolute atomic E-state index is 12.5. The van der Waals surface area contributed by atoms with Crippen LogP contribution < -0.4 is 5.32 Å². The van der Waals surface area contributed by atoms with Crippen molar-refractivity contribution in [2.24, 2.45) is 0 Å². The van der Waals surface area contributed by atoms with Gasteiger partial charge in [0.15, 0.2) is 4.96 Å². The molecule has 0 radical (unpaired) electrons. The van der Waals surface area contributed by atoms with Crippen LogP contribution in [0.5, 0.6) is 0 Å². The molecule has 0 aliphatic heterocycles. The molecule has 3 heterocycles. The van der Waals surface area contributed by atoms with Crippen LogP contribution in [0, 0.1) is 0 Å². The number of halogens is 1. The maximum atomic E-state index is 12.5. The molecule has 0 spiro atoms. The second-order valence-electron chi connectivity index (χ2n) is 4.84. The van der Waals surface area contributed by atoms with Gasteiger partial charge in [0.05, 0.1) is 4.88 Å². The number of imidazole rings is 1. The van der Waals surface area contributed by atoms with Crippen molar-refractivity contribution in [3.63, 3.8) is 0 Å². The smallest absolute Gasteiger partial charge is 0.273 e. The average molecular weight is 360 g/mol. The zero-order valence-electron chi connectivity index (χ0n) is 11.7. The zero-order chi connectivity index (χ0) is 15.8. The first kappa shape index (κ1) is 14.4. The molecule has 0 saturated carbocycles. The Labute approximate surface area is 145 Å². The number of amides is 1. The Balaban J connectivity index is 1.65. The Kier molecular flexibility index (Phi) is 3.65. The number of nitrogens with zero attached hydrogens (tertiary/aromatic N) is 2. The van der Waals surface area contributed by atoms with Crippen molar-refractivity contribution in [3.8, 4) is 10.6 Å². The number of hydrogen-bond acceptors (Lipinski definition) is 4. The highest BCUT2D eigenvalue weighted by atomic mass is 35.5. The fourth-order valence-electron chi connectivity index (χ4n) is 2.22. The van der Waals surface area contributed by atoms with Crippen LogP contribution in [0.15, 0.2) is 53.4 Å². The van der Waals surface area contributed by atoms with Gasteiger partial charge in [0.25, 0.3) is 5.91 Å². The number of nitrogens with one attached hydrogen (secondary N) is 1. The first-order chi connectivity index (χ1) is 11.2. The second-order valence-corrected chi connectivity index (χ2v) is 7.06. The van der Waals surface area contributed by atoms with Gasteiger partial charge in [-0.1, -0.05) is 17.7 Å². The lowest BCUT2D eigenvalue weighted by Gasteiger charge is -2.04. The summed E-state index contributed by atoms with van der Waals surface area (Å²) in [6.07, 6.45) is 1.90. The monoisotopic (exact) mass is 359 g/mol. The predicted molar refractivity (Wildman–Crippen MR) is 95.8 cm³/mol. The highest BCUT2D eigenvalue weighted by Gasteiger charge is 2.15. The molecule has 1 amide bonds. The largest absolute Gasteiger partial charge is 0.321 e. The van der Waals surface area contributed by atoms with Crippen molar-refractivity contribution in [1.82, 2.24) is 9.38 Å². The van der Waals surface area contributed by atoms with Gasteiger partial charge in [-0.2, -0.15) is 0 Å². The topological polar surface area (TPSA) is 46.4 Å². The summed E-state index contributed by atoms with van der Waals surface area (Å²) in [5, 5.41) is 7.33. The van der Waals surface area contributed by atoms with E-state index in [0.29, 0.717) is 16.4 Å².